The first-order chi connectivity index (χ1) is 12.0. The molecule has 0 spiro atoms. The van der Waals surface area contributed by atoms with Crippen LogP contribution in [-0.4, -0.2) is 35.0 Å². The molecular formula is C18H21N3O4. The minimum Gasteiger partial charge on any atom is -0.489 e. The molecule has 2 amide bonds. The Balaban J connectivity index is 1.60. The molecule has 2 heterocycles. The van der Waals surface area contributed by atoms with Gasteiger partial charge in [0.15, 0.2) is 0 Å². The number of primary amides is 1. The minimum absolute atomic E-state index is 0.0963. The largest absolute Gasteiger partial charge is 0.489 e. The van der Waals surface area contributed by atoms with Crippen molar-refractivity contribution in [2.75, 3.05) is 13.1 Å². The van der Waals surface area contributed by atoms with Crippen molar-refractivity contribution in [3.05, 3.63) is 46.8 Å². The lowest BCUT2D eigenvalue weighted by Crippen LogP contribution is -2.31. The Morgan fingerprint density at radius 1 is 1.32 bits per heavy atom. The SMILES string of the molecule is Cc1noc(C)c1COc1ccc(C(=O)N2CC[C@@H](C(N)=O)C2)cc1. The molecule has 1 aromatic heterocycles. The summed E-state index contributed by atoms with van der Waals surface area (Å²) < 4.78 is 10.8. The summed E-state index contributed by atoms with van der Waals surface area (Å²) in [4.78, 5) is 25.4. The van der Waals surface area contributed by atoms with Gasteiger partial charge in [-0.1, -0.05) is 5.16 Å². The summed E-state index contributed by atoms with van der Waals surface area (Å²) in [6.07, 6.45) is 0.625. The number of hydrogen-bond donors (Lipinski definition) is 1. The van der Waals surface area contributed by atoms with Crippen LogP contribution in [0.15, 0.2) is 28.8 Å². The molecule has 25 heavy (non-hydrogen) atoms. The number of amides is 2. The van der Waals surface area contributed by atoms with Gasteiger partial charge in [-0.25, -0.2) is 0 Å². The van der Waals surface area contributed by atoms with Crippen LogP contribution >= 0.6 is 0 Å². The van der Waals surface area contributed by atoms with Crippen molar-refractivity contribution >= 4 is 11.8 Å². The first-order valence-corrected chi connectivity index (χ1v) is 8.19. The number of carbonyl (C=O) groups is 2. The highest BCUT2D eigenvalue weighted by Gasteiger charge is 2.30. The number of nitrogens with zero attached hydrogens (tertiary/aromatic N) is 2. The molecule has 1 aliphatic rings. The normalized spacial score (nSPS) is 16.9. The lowest BCUT2D eigenvalue weighted by Gasteiger charge is -2.16. The summed E-state index contributed by atoms with van der Waals surface area (Å²) in [5.74, 6) is 0.705. The maximum absolute atomic E-state index is 12.5. The second-order valence-corrected chi connectivity index (χ2v) is 6.25. The fourth-order valence-corrected chi connectivity index (χ4v) is 2.92. The highest BCUT2D eigenvalue weighted by atomic mass is 16.5. The zero-order valence-corrected chi connectivity index (χ0v) is 14.3. The van der Waals surface area contributed by atoms with Crippen molar-refractivity contribution in [1.29, 1.82) is 0 Å². The maximum atomic E-state index is 12.5. The monoisotopic (exact) mass is 343 g/mol. The van der Waals surface area contributed by atoms with E-state index in [0.717, 1.165) is 17.0 Å². The fraction of sp³-hybridized carbons (Fsp3) is 0.389. The van der Waals surface area contributed by atoms with E-state index in [1.165, 1.54) is 0 Å². The number of aryl methyl sites for hydroxylation is 2. The number of rotatable bonds is 5. The van der Waals surface area contributed by atoms with Gasteiger partial charge in [-0.15, -0.1) is 0 Å². The molecule has 2 N–H and O–H groups in total. The maximum Gasteiger partial charge on any atom is 0.253 e. The summed E-state index contributed by atoms with van der Waals surface area (Å²) in [5, 5.41) is 3.89. The molecule has 0 radical (unpaired) electrons. The molecular weight excluding hydrogens is 322 g/mol. The molecule has 7 nitrogen and oxygen atoms in total. The van der Waals surface area contributed by atoms with Gasteiger partial charge >= 0.3 is 0 Å². The third-order valence-electron chi connectivity index (χ3n) is 4.54. The highest BCUT2D eigenvalue weighted by Crippen LogP contribution is 2.21. The number of aromatic nitrogens is 1. The quantitative estimate of drug-likeness (QED) is 0.893. The molecule has 2 aromatic rings. The van der Waals surface area contributed by atoms with Crippen molar-refractivity contribution in [2.24, 2.45) is 11.7 Å². The third-order valence-corrected chi connectivity index (χ3v) is 4.54. The van der Waals surface area contributed by atoms with Gasteiger partial charge in [0, 0.05) is 18.7 Å². The predicted octanol–water partition coefficient (Wildman–Crippen LogP) is 1.82. The zero-order valence-electron chi connectivity index (χ0n) is 14.3. The van der Waals surface area contributed by atoms with E-state index in [1.54, 1.807) is 29.2 Å². The van der Waals surface area contributed by atoms with E-state index in [9.17, 15) is 9.59 Å². The lowest BCUT2D eigenvalue weighted by molar-refractivity contribution is -0.121. The molecule has 0 bridgehead atoms. The Morgan fingerprint density at radius 3 is 2.60 bits per heavy atom. The van der Waals surface area contributed by atoms with Gasteiger partial charge in [-0.05, 0) is 44.5 Å². The predicted molar refractivity (Wildman–Crippen MR) is 90.0 cm³/mol. The van der Waals surface area contributed by atoms with Crippen LogP contribution in [0.5, 0.6) is 5.75 Å². The van der Waals surface area contributed by atoms with Gasteiger partial charge in [0.25, 0.3) is 5.91 Å². The lowest BCUT2D eigenvalue weighted by atomic mass is 10.1. The Kier molecular flexibility index (Phi) is 4.74. The highest BCUT2D eigenvalue weighted by molar-refractivity contribution is 5.95. The Labute approximate surface area is 145 Å². The van der Waals surface area contributed by atoms with Crippen LogP contribution in [0, 0.1) is 19.8 Å². The van der Waals surface area contributed by atoms with E-state index in [1.807, 2.05) is 13.8 Å². The molecule has 0 unspecified atom stereocenters. The van der Waals surface area contributed by atoms with Crippen LogP contribution in [0.25, 0.3) is 0 Å². The van der Waals surface area contributed by atoms with E-state index in [-0.39, 0.29) is 17.7 Å². The zero-order chi connectivity index (χ0) is 18.0. The smallest absolute Gasteiger partial charge is 0.253 e. The Bertz CT molecular complexity index is 763. The van der Waals surface area contributed by atoms with Crippen LogP contribution in [0.3, 0.4) is 0 Å². The first kappa shape index (κ1) is 17.0. The molecule has 3 rings (SSSR count). The van der Waals surface area contributed by atoms with Crippen LogP contribution in [0.1, 0.15) is 33.8 Å². The number of carbonyl (C=O) groups excluding carboxylic acids is 2. The van der Waals surface area contributed by atoms with Crippen LogP contribution in [0.2, 0.25) is 0 Å². The van der Waals surface area contributed by atoms with Gasteiger partial charge in [0.1, 0.15) is 18.1 Å². The fourth-order valence-electron chi connectivity index (χ4n) is 2.92. The van der Waals surface area contributed by atoms with Crippen LogP contribution in [-0.2, 0) is 11.4 Å². The third kappa shape index (κ3) is 3.65. The standard InChI is InChI=1S/C18H21N3O4/c1-11-16(12(2)25-20-11)10-24-15-5-3-13(4-6-15)18(23)21-8-7-14(9-21)17(19)22/h3-6,14H,7-10H2,1-2H3,(H2,19,22)/t14-/m1/s1. The number of likely N-dealkylation sites (tertiary alicyclic amines) is 1. The molecule has 1 atom stereocenters. The molecule has 0 aliphatic carbocycles. The van der Waals surface area contributed by atoms with Gasteiger partial charge in [-0.3, -0.25) is 9.59 Å². The number of hydrogen-bond acceptors (Lipinski definition) is 5. The van der Waals surface area contributed by atoms with E-state index in [0.29, 0.717) is 37.4 Å². The topological polar surface area (TPSA) is 98.7 Å². The molecule has 132 valence electrons. The molecule has 7 heteroatoms. The van der Waals surface area contributed by atoms with E-state index in [2.05, 4.69) is 5.16 Å². The average Bonchev–Trinajstić information content (AvgIpc) is 3.21. The van der Waals surface area contributed by atoms with Gasteiger partial charge in [0.2, 0.25) is 5.91 Å². The summed E-state index contributed by atoms with van der Waals surface area (Å²) in [5.41, 5.74) is 7.61. The molecule has 0 saturated carbocycles. The second-order valence-electron chi connectivity index (χ2n) is 6.25. The Morgan fingerprint density at radius 2 is 2.04 bits per heavy atom. The van der Waals surface area contributed by atoms with Crippen molar-refractivity contribution in [3.63, 3.8) is 0 Å². The molecule has 1 saturated heterocycles. The summed E-state index contributed by atoms with van der Waals surface area (Å²) in [7, 11) is 0. The summed E-state index contributed by atoms with van der Waals surface area (Å²) >= 11 is 0. The second kappa shape index (κ2) is 6.96. The van der Waals surface area contributed by atoms with E-state index in [4.69, 9.17) is 15.0 Å². The van der Waals surface area contributed by atoms with Crippen molar-refractivity contribution in [3.8, 4) is 5.75 Å². The van der Waals surface area contributed by atoms with Gasteiger partial charge in [0.05, 0.1) is 17.2 Å². The molecule has 1 aromatic carbocycles. The molecule has 1 fully saturated rings. The van der Waals surface area contributed by atoms with Gasteiger partial charge in [-0.2, -0.15) is 0 Å². The minimum atomic E-state index is -0.349. The van der Waals surface area contributed by atoms with E-state index >= 15 is 0 Å². The van der Waals surface area contributed by atoms with Crippen LogP contribution < -0.4 is 10.5 Å². The summed E-state index contributed by atoms with van der Waals surface area (Å²) in [6, 6.07) is 6.96. The number of ether oxygens (including phenoxy) is 1. The first-order valence-electron chi connectivity index (χ1n) is 8.19. The van der Waals surface area contributed by atoms with Gasteiger partial charge < -0.3 is 19.9 Å². The summed E-state index contributed by atoms with van der Waals surface area (Å²) in [6.45, 7) is 5.01. The van der Waals surface area contributed by atoms with Crippen LogP contribution in [0.4, 0.5) is 0 Å². The Hall–Kier alpha value is -2.83. The number of benzene rings is 1. The van der Waals surface area contributed by atoms with Crippen molar-refractivity contribution < 1.29 is 18.8 Å². The average molecular weight is 343 g/mol. The number of nitrogens with two attached hydrogens (primary N) is 1. The van der Waals surface area contributed by atoms with E-state index < -0.39 is 0 Å². The molecule has 1 aliphatic heterocycles. The van der Waals surface area contributed by atoms with Crippen molar-refractivity contribution in [2.45, 2.75) is 26.9 Å². The van der Waals surface area contributed by atoms with Crippen molar-refractivity contribution in [1.82, 2.24) is 10.1 Å².